The minimum Gasteiger partial charge on any atom is -0.267 e. The fourth-order valence-electron chi connectivity index (χ4n) is 2.80. The van der Waals surface area contributed by atoms with Gasteiger partial charge in [-0.05, 0) is 35.2 Å². The number of hydrogen-bond donors (Lipinski definition) is 0. The lowest BCUT2D eigenvalue weighted by Gasteiger charge is -2.22. The van der Waals surface area contributed by atoms with Gasteiger partial charge in [-0.25, -0.2) is 0 Å². The van der Waals surface area contributed by atoms with Gasteiger partial charge in [-0.3, -0.25) is 9.59 Å². The normalized spacial score (nSPS) is 14.0. The molecule has 0 saturated carbocycles. The van der Waals surface area contributed by atoms with Crippen molar-refractivity contribution in [3.63, 3.8) is 0 Å². The van der Waals surface area contributed by atoms with Gasteiger partial charge in [-0.1, -0.05) is 52.3 Å². The van der Waals surface area contributed by atoms with Gasteiger partial charge in [0, 0.05) is 9.86 Å². The summed E-state index contributed by atoms with van der Waals surface area (Å²) in [5.74, 6) is -0.810. The fourth-order valence-corrected chi connectivity index (χ4v) is 3.06. The molecule has 24 heavy (non-hydrogen) atoms. The van der Waals surface area contributed by atoms with Crippen molar-refractivity contribution in [2.24, 2.45) is 5.10 Å². The van der Waals surface area contributed by atoms with E-state index in [1.165, 1.54) is 6.21 Å². The zero-order chi connectivity index (χ0) is 16.7. The van der Waals surface area contributed by atoms with Crippen LogP contribution in [0.4, 0.5) is 0 Å². The fraction of sp³-hybridized carbons (Fsp3) is 0. The maximum absolute atomic E-state index is 12.7. The number of nitrogens with zero attached hydrogens (tertiary/aromatic N) is 2. The van der Waals surface area contributed by atoms with E-state index in [4.69, 9.17) is 0 Å². The van der Waals surface area contributed by atoms with Gasteiger partial charge in [-0.2, -0.15) is 10.1 Å². The Morgan fingerprint density at radius 3 is 2.00 bits per heavy atom. The first-order valence-corrected chi connectivity index (χ1v) is 8.14. The Morgan fingerprint density at radius 2 is 1.42 bits per heavy atom. The molecule has 0 N–H and O–H groups in total. The van der Waals surface area contributed by atoms with Gasteiger partial charge in [0.25, 0.3) is 11.8 Å². The third kappa shape index (κ3) is 2.34. The third-order valence-electron chi connectivity index (χ3n) is 3.94. The van der Waals surface area contributed by atoms with E-state index in [1.807, 2.05) is 48.5 Å². The van der Waals surface area contributed by atoms with Crippen LogP contribution < -0.4 is 0 Å². The molecule has 5 heteroatoms. The highest BCUT2D eigenvalue weighted by Crippen LogP contribution is 2.30. The van der Waals surface area contributed by atoms with Crippen molar-refractivity contribution in [3.05, 3.63) is 81.8 Å². The van der Waals surface area contributed by atoms with Crippen LogP contribution in [0.2, 0.25) is 0 Å². The van der Waals surface area contributed by atoms with Gasteiger partial charge in [0.2, 0.25) is 0 Å². The summed E-state index contributed by atoms with van der Waals surface area (Å²) in [6.07, 6.45) is 1.51. The summed E-state index contributed by atoms with van der Waals surface area (Å²) in [5, 5.41) is 6.63. The summed E-state index contributed by atoms with van der Waals surface area (Å²) in [5.41, 5.74) is 1.79. The maximum Gasteiger partial charge on any atom is 0.282 e. The van der Waals surface area contributed by atoms with Gasteiger partial charge >= 0.3 is 0 Å². The molecule has 0 fully saturated rings. The van der Waals surface area contributed by atoms with E-state index in [-0.39, 0.29) is 0 Å². The van der Waals surface area contributed by atoms with Crippen LogP contribution in [-0.2, 0) is 0 Å². The molecule has 0 unspecified atom stereocenters. The van der Waals surface area contributed by atoms with Crippen molar-refractivity contribution in [3.8, 4) is 0 Å². The molecule has 1 aliphatic heterocycles. The lowest BCUT2D eigenvalue weighted by atomic mass is 9.95. The second kappa shape index (κ2) is 5.69. The van der Waals surface area contributed by atoms with E-state index in [0.717, 1.165) is 20.4 Å². The zero-order valence-electron chi connectivity index (χ0n) is 12.4. The monoisotopic (exact) mass is 378 g/mol. The number of rotatable bonds is 2. The number of amides is 2. The highest BCUT2D eigenvalue weighted by Gasteiger charge is 2.32. The van der Waals surface area contributed by atoms with E-state index in [2.05, 4.69) is 21.0 Å². The number of hydrazone groups is 1. The van der Waals surface area contributed by atoms with Crippen molar-refractivity contribution in [2.45, 2.75) is 0 Å². The van der Waals surface area contributed by atoms with Crippen LogP contribution in [0, 0.1) is 0 Å². The predicted octanol–water partition coefficient (Wildman–Crippen LogP) is 4.23. The first-order valence-electron chi connectivity index (χ1n) is 7.35. The van der Waals surface area contributed by atoms with Gasteiger partial charge in [0.15, 0.2) is 0 Å². The average Bonchev–Trinajstić information content (AvgIpc) is 2.61. The second-order valence-electron chi connectivity index (χ2n) is 5.43. The summed E-state index contributed by atoms with van der Waals surface area (Å²) in [6, 6.07) is 18.3. The molecule has 3 aromatic carbocycles. The van der Waals surface area contributed by atoms with Crippen molar-refractivity contribution in [1.29, 1.82) is 0 Å². The highest BCUT2D eigenvalue weighted by molar-refractivity contribution is 9.10. The van der Waals surface area contributed by atoms with Crippen LogP contribution in [0.25, 0.3) is 10.8 Å². The molecule has 4 nitrogen and oxygen atoms in total. The van der Waals surface area contributed by atoms with Crippen LogP contribution in [0.15, 0.2) is 70.2 Å². The molecule has 0 atom stereocenters. The van der Waals surface area contributed by atoms with Crippen LogP contribution in [-0.4, -0.2) is 23.0 Å². The second-order valence-corrected chi connectivity index (χ2v) is 6.34. The van der Waals surface area contributed by atoms with E-state index in [0.29, 0.717) is 16.5 Å². The number of carbonyl (C=O) groups is 2. The molecule has 4 rings (SSSR count). The van der Waals surface area contributed by atoms with Crippen molar-refractivity contribution >= 4 is 44.7 Å². The van der Waals surface area contributed by atoms with Gasteiger partial charge in [0.1, 0.15) is 0 Å². The summed E-state index contributed by atoms with van der Waals surface area (Å²) in [4.78, 5) is 25.3. The lowest BCUT2D eigenvalue weighted by molar-refractivity contribution is 0.0616. The zero-order valence-corrected chi connectivity index (χ0v) is 14.0. The van der Waals surface area contributed by atoms with E-state index in [1.54, 1.807) is 12.1 Å². The van der Waals surface area contributed by atoms with Gasteiger partial charge < -0.3 is 0 Å². The van der Waals surface area contributed by atoms with Gasteiger partial charge in [-0.15, -0.1) is 0 Å². The molecule has 0 bridgehead atoms. The van der Waals surface area contributed by atoms with Crippen molar-refractivity contribution < 1.29 is 9.59 Å². The molecular weight excluding hydrogens is 368 g/mol. The summed E-state index contributed by atoms with van der Waals surface area (Å²) in [6.45, 7) is 0. The number of imide groups is 1. The molecule has 1 heterocycles. The minimum absolute atomic E-state index is 0.405. The molecule has 0 radical (unpaired) electrons. The largest absolute Gasteiger partial charge is 0.282 e. The van der Waals surface area contributed by atoms with E-state index < -0.39 is 11.8 Å². The Labute approximate surface area is 146 Å². The third-order valence-corrected chi connectivity index (χ3v) is 4.47. The molecule has 3 aromatic rings. The summed E-state index contributed by atoms with van der Waals surface area (Å²) >= 11 is 3.36. The standard InChI is InChI=1S/C19H11BrN2O2/c20-14-9-7-12(8-10-14)11-21-22-18(23)15-5-1-3-13-4-2-6-16(17(13)15)19(22)24/h1-11H/b21-11-. The Hall–Kier alpha value is -2.79. The molecule has 0 aliphatic carbocycles. The minimum atomic E-state index is -0.405. The topological polar surface area (TPSA) is 49.7 Å². The Balaban J connectivity index is 1.78. The molecular formula is C19H11BrN2O2. The molecule has 1 aliphatic rings. The Kier molecular flexibility index (Phi) is 3.50. The maximum atomic E-state index is 12.7. The molecule has 116 valence electrons. The summed E-state index contributed by atoms with van der Waals surface area (Å²) in [7, 11) is 0. The quantitative estimate of drug-likeness (QED) is 0.494. The number of halogens is 1. The smallest absolute Gasteiger partial charge is 0.267 e. The predicted molar refractivity (Wildman–Crippen MR) is 96.2 cm³/mol. The molecule has 0 spiro atoms. The number of benzene rings is 3. The SMILES string of the molecule is O=C1c2cccc3cccc(c23)C(=O)N1/N=C\c1ccc(Br)cc1. The van der Waals surface area contributed by atoms with Crippen molar-refractivity contribution in [1.82, 2.24) is 5.01 Å². The molecule has 0 aromatic heterocycles. The van der Waals surface area contributed by atoms with Crippen LogP contribution in [0.1, 0.15) is 26.3 Å². The number of hydrogen-bond acceptors (Lipinski definition) is 3. The first-order chi connectivity index (χ1) is 11.6. The Morgan fingerprint density at radius 1 is 0.833 bits per heavy atom. The van der Waals surface area contributed by atoms with Crippen LogP contribution in [0.3, 0.4) is 0 Å². The first kappa shape index (κ1) is 14.8. The molecule has 0 saturated heterocycles. The lowest BCUT2D eigenvalue weighted by Crippen LogP contribution is -2.36. The van der Waals surface area contributed by atoms with Crippen molar-refractivity contribution in [2.75, 3.05) is 0 Å². The van der Waals surface area contributed by atoms with E-state index in [9.17, 15) is 9.59 Å². The van der Waals surface area contributed by atoms with Gasteiger partial charge in [0.05, 0.1) is 17.3 Å². The number of carbonyl (C=O) groups excluding carboxylic acids is 2. The summed E-state index contributed by atoms with van der Waals surface area (Å²) < 4.78 is 0.949. The highest BCUT2D eigenvalue weighted by atomic mass is 79.9. The average molecular weight is 379 g/mol. The molecule has 2 amide bonds. The van der Waals surface area contributed by atoms with E-state index >= 15 is 0 Å². The van der Waals surface area contributed by atoms with Crippen LogP contribution >= 0.6 is 15.9 Å². The van der Waals surface area contributed by atoms with Crippen LogP contribution in [0.5, 0.6) is 0 Å². The Bertz CT molecular complexity index is 959.